The maximum Gasteiger partial charge on any atom is 0.197 e. The number of anilines is 2. The van der Waals surface area contributed by atoms with Gasteiger partial charge in [-0.1, -0.05) is 13.8 Å². The molecule has 0 spiro atoms. The van der Waals surface area contributed by atoms with E-state index in [4.69, 9.17) is 10.5 Å². The van der Waals surface area contributed by atoms with Crippen LogP contribution in [0.1, 0.15) is 33.1 Å². The lowest BCUT2D eigenvalue weighted by Gasteiger charge is -2.32. The summed E-state index contributed by atoms with van der Waals surface area (Å²) >= 11 is 1.39. The molecule has 3 N–H and O–H groups in total. The predicted octanol–water partition coefficient (Wildman–Crippen LogP) is 2.97. The fourth-order valence-electron chi connectivity index (χ4n) is 2.45. The second kappa shape index (κ2) is 5.12. The highest BCUT2D eigenvalue weighted by Crippen LogP contribution is 2.38. The number of nitrogens with two attached hydrogens (primary N) is 1. The molecule has 1 aliphatic rings. The summed E-state index contributed by atoms with van der Waals surface area (Å²) in [6, 6.07) is 0.523. The van der Waals surface area contributed by atoms with Gasteiger partial charge in [-0.25, -0.2) is 0 Å². The molecule has 1 aliphatic carbocycles. The Balaban J connectivity index is 2.01. The van der Waals surface area contributed by atoms with E-state index in [0.29, 0.717) is 17.6 Å². The Morgan fingerprint density at radius 3 is 2.76 bits per heavy atom. The molecule has 5 heteroatoms. The van der Waals surface area contributed by atoms with E-state index in [1.54, 1.807) is 7.11 Å². The number of hydrogen-bond donors (Lipinski definition) is 2. The minimum atomic E-state index is 0.484. The zero-order chi connectivity index (χ0) is 12.4. The molecule has 3 atom stereocenters. The maximum absolute atomic E-state index is 5.74. The van der Waals surface area contributed by atoms with Crippen molar-refractivity contribution in [1.82, 2.24) is 4.37 Å². The first-order valence-corrected chi connectivity index (χ1v) is 6.94. The van der Waals surface area contributed by atoms with Crippen LogP contribution in [-0.2, 0) is 0 Å². The lowest BCUT2D eigenvalue weighted by Crippen LogP contribution is -2.30. The van der Waals surface area contributed by atoms with Crippen molar-refractivity contribution >= 4 is 22.4 Å². The molecule has 96 valence electrons. The van der Waals surface area contributed by atoms with Crippen LogP contribution in [0.5, 0.6) is 5.75 Å². The number of nitrogens with zero attached hydrogens (tertiary/aromatic N) is 1. The van der Waals surface area contributed by atoms with Crippen molar-refractivity contribution in [2.75, 3.05) is 18.2 Å². The van der Waals surface area contributed by atoms with Crippen LogP contribution in [0.4, 0.5) is 10.8 Å². The van der Waals surface area contributed by atoms with Gasteiger partial charge in [0.05, 0.1) is 7.11 Å². The molecule has 0 saturated heterocycles. The quantitative estimate of drug-likeness (QED) is 0.871. The van der Waals surface area contributed by atoms with Crippen LogP contribution in [0.3, 0.4) is 0 Å². The molecule has 1 fully saturated rings. The molecule has 3 unspecified atom stereocenters. The molecule has 0 aromatic carbocycles. The van der Waals surface area contributed by atoms with Gasteiger partial charge in [0.1, 0.15) is 0 Å². The van der Waals surface area contributed by atoms with Gasteiger partial charge in [0.15, 0.2) is 16.6 Å². The molecule has 1 aromatic heterocycles. The molecule has 0 aliphatic heterocycles. The first-order valence-electron chi connectivity index (χ1n) is 6.17. The molecule has 0 radical (unpaired) electrons. The fraction of sp³-hybridized carbons (Fsp3) is 0.750. The molecule has 4 nitrogen and oxygen atoms in total. The van der Waals surface area contributed by atoms with Gasteiger partial charge in [0.2, 0.25) is 0 Å². The summed E-state index contributed by atoms with van der Waals surface area (Å²) < 4.78 is 9.38. The van der Waals surface area contributed by atoms with Crippen molar-refractivity contribution in [2.45, 2.75) is 39.2 Å². The zero-order valence-electron chi connectivity index (χ0n) is 10.7. The van der Waals surface area contributed by atoms with Crippen LogP contribution in [-0.4, -0.2) is 17.5 Å². The topological polar surface area (TPSA) is 60.2 Å². The van der Waals surface area contributed by atoms with Crippen molar-refractivity contribution < 1.29 is 4.74 Å². The van der Waals surface area contributed by atoms with Crippen LogP contribution in [0.25, 0.3) is 0 Å². The van der Waals surface area contributed by atoms with Crippen LogP contribution in [0.2, 0.25) is 0 Å². The van der Waals surface area contributed by atoms with Gasteiger partial charge in [-0.05, 0) is 42.6 Å². The SMILES string of the molecule is COc1c(N)nsc1NC1CCC(C)C(C)C1. The number of rotatable bonds is 3. The third-order valence-electron chi connectivity index (χ3n) is 3.81. The highest BCUT2D eigenvalue weighted by atomic mass is 32.1. The smallest absolute Gasteiger partial charge is 0.197 e. The van der Waals surface area contributed by atoms with Crippen LogP contribution in [0, 0.1) is 11.8 Å². The first-order chi connectivity index (χ1) is 8.11. The Bertz CT molecular complexity index is 380. The second-order valence-corrected chi connectivity index (χ2v) is 5.81. The number of aromatic nitrogens is 1. The molecule has 1 aromatic rings. The third kappa shape index (κ3) is 2.65. The van der Waals surface area contributed by atoms with Gasteiger partial charge in [0.25, 0.3) is 0 Å². The molecule has 1 heterocycles. The molecular weight excluding hydrogens is 234 g/mol. The Kier molecular flexibility index (Phi) is 3.76. The van der Waals surface area contributed by atoms with Crippen molar-refractivity contribution in [2.24, 2.45) is 11.8 Å². The average Bonchev–Trinajstić information content (AvgIpc) is 2.64. The van der Waals surface area contributed by atoms with Crippen LogP contribution < -0.4 is 15.8 Å². The molecule has 2 rings (SSSR count). The van der Waals surface area contributed by atoms with Gasteiger partial charge in [-0.3, -0.25) is 0 Å². The summed E-state index contributed by atoms with van der Waals surface area (Å²) in [5.74, 6) is 2.79. The minimum Gasteiger partial charge on any atom is -0.490 e. The average molecular weight is 255 g/mol. The second-order valence-electron chi connectivity index (χ2n) is 5.04. The monoisotopic (exact) mass is 255 g/mol. The third-order valence-corrected chi connectivity index (χ3v) is 4.59. The van der Waals surface area contributed by atoms with E-state index >= 15 is 0 Å². The summed E-state index contributed by atoms with van der Waals surface area (Å²) in [5, 5.41) is 4.49. The van der Waals surface area contributed by atoms with Crippen molar-refractivity contribution in [3.63, 3.8) is 0 Å². The normalized spacial score (nSPS) is 29.0. The lowest BCUT2D eigenvalue weighted by molar-refractivity contribution is 0.260. The summed E-state index contributed by atoms with van der Waals surface area (Å²) in [4.78, 5) is 0. The standard InChI is InChI=1S/C12H21N3OS/c1-7-4-5-9(6-8(7)2)14-12-10(16-3)11(13)15-17-12/h7-9,14H,4-6H2,1-3H3,(H2,13,15). The van der Waals surface area contributed by atoms with E-state index < -0.39 is 0 Å². The molecule has 1 saturated carbocycles. The van der Waals surface area contributed by atoms with Crippen molar-refractivity contribution in [1.29, 1.82) is 0 Å². The van der Waals surface area contributed by atoms with E-state index in [2.05, 4.69) is 23.5 Å². The minimum absolute atomic E-state index is 0.484. The van der Waals surface area contributed by atoms with Crippen LogP contribution in [0.15, 0.2) is 0 Å². The molecule has 17 heavy (non-hydrogen) atoms. The maximum atomic E-state index is 5.74. The largest absolute Gasteiger partial charge is 0.490 e. The highest BCUT2D eigenvalue weighted by molar-refractivity contribution is 7.11. The number of nitrogen functional groups attached to an aromatic ring is 1. The van der Waals surface area contributed by atoms with Crippen molar-refractivity contribution in [3.8, 4) is 5.75 Å². The van der Waals surface area contributed by atoms with E-state index in [1.807, 2.05) is 0 Å². The summed E-state index contributed by atoms with van der Waals surface area (Å²) in [6.07, 6.45) is 3.71. The number of hydrogen-bond acceptors (Lipinski definition) is 5. The van der Waals surface area contributed by atoms with E-state index in [1.165, 1.54) is 30.8 Å². The number of ether oxygens (including phenoxy) is 1. The molecule has 0 amide bonds. The molecular formula is C12H21N3OS. The van der Waals surface area contributed by atoms with Crippen molar-refractivity contribution in [3.05, 3.63) is 0 Å². The predicted molar refractivity (Wildman–Crippen MR) is 72.7 cm³/mol. The van der Waals surface area contributed by atoms with Gasteiger partial charge in [0, 0.05) is 6.04 Å². The van der Waals surface area contributed by atoms with Crippen LogP contribution >= 0.6 is 11.5 Å². The summed E-state index contributed by atoms with van der Waals surface area (Å²) in [6.45, 7) is 4.67. The summed E-state index contributed by atoms with van der Waals surface area (Å²) in [7, 11) is 1.64. The van der Waals surface area contributed by atoms with Gasteiger partial charge in [-0.2, -0.15) is 4.37 Å². The summed E-state index contributed by atoms with van der Waals surface area (Å²) in [5.41, 5.74) is 5.74. The van der Waals surface area contributed by atoms with E-state index in [-0.39, 0.29) is 0 Å². The zero-order valence-corrected chi connectivity index (χ0v) is 11.5. The first kappa shape index (κ1) is 12.5. The Hall–Kier alpha value is -0.970. The Morgan fingerprint density at radius 2 is 2.12 bits per heavy atom. The lowest BCUT2D eigenvalue weighted by atomic mass is 9.79. The van der Waals surface area contributed by atoms with Gasteiger partial charge < -0.3 is 15.8 Å². The van der Waals surface area contributed by atoms with Gasteiger partial charge in [-0.15, -0.1) is 0 Å². The fourth-order valence-corrected chi connectivity index (χ4v) is 3.21. The number of methoxy groups -OCH3 is 1. The Morgan fingerprint density at radius 1 is 1.35 bits per heavy atom. The highest BCUT2D eigenvalue weighted by Gasteiger charge is 2.25. The Labute approximate surface area is 107 Å². The van der Waals surface area contributed by atoms with E-state index in [9.17, 15) is 0 Å². The molecule has 0 bridgehead atoms. The van der Waals surface area contributed by atoms with Gasteiger partial charge >= 0.3 is 0 Å². The number of nitrogens with one attached hydrogen (secondary N) is 1. The van der Waals surface area contributed by atoms with E-state index in [0.717, 1.165) is 16.8 Å².